The minimum Gasteiger partial charge on any atom is -0.497 e. The predicted molar refractivity (Wildman–Crippen MR) is 76.8 cm³/mol. The molecule has 1 rings (SSSR count). The van der Waals surface area contributed by atoms with E-state index in [0.29, 0.717) is 13.1 Å². The number of ether oxygens (including phenoxy) is 1. The third-order valence-electron chi connectivity index (χ3n) is 2.80. The zero-order chi connectivity index (χ0) is 14.4. The summed E-state index contributed by atoms with van der Waals surface area (Å²) in [7, 11) is 1.61. The van der Waals surface area contributed by atoms with E-state index in [2.05, 4.69) is 6.58 Å². The van der Waals surface area contributed by atoms with Crippen LogP contribution in [0.15, 0.2) is 36.4 Å². The molecule has 0 fully saturated rings. The molecule has 0 heterocycles. The van der Waals surface area contributed by atoms with Crippen molar-refractivity contribution in [1.82, 2.24) is 0 Å². The average Bonchev–Trinajstić information content (AvgIpc) is 2.37. The summed E-state index contributed by atoms with van der Waals surface area (Å²) in [6.07, 6.45) is 0. The van der Waals surface area contributed by atoms with Crippen molar-refractivity contribution in [1.29, 1.82) is 0 Å². The van der Waals surface area contributed by atoms with Gasteiger partial charge in [0, 0.05) is 24.8 Å². The van der Waals surface area contributed by atoms with Crippen LogP contribution in [0, 0.1) is 5.92 Å². The van der Waals surface area contributed by atoms with Crippen LogP contribution in [0.25, 0.3) is 0 Å². The van der Waals surface area contributed by atoms with Crippen molar-refractivity contribution in [3.8, 4) is 5.75 Å². The maximum atomic E-state index is 11.0. The smallest absolute Gasteiger partial charge is 0.308 e. The average molecular weight is 263 g/mol. The van der Waals surface area contributed by atoms with Gasteiger partial charge in [-0.1, -0.05) is 25.1 Å². The van der Waals surface area contributed by atoms with Crippen molar-refractivity contribution in [3.05, 3.63) is 36.4 Å². The second-order valence-corrected chi connectivity index (χ2v) is 4.78. The van der Waals surface area contributed by atoms with Gasteiger partial charge >= 0.3 is 5.97 Å². The molecular weight excluding hydrogens is 242 g/mol. The van der Waals surface area contributed by atoms with Crippen LogP contribution in [0.4, 0.5) is 5.69 Å². The van der Waals surface area contributed by atoms with Gasteiger partial charge < -0.3 is 14.7 Å². The summed E-state index contributed by atoms with van der Waals surface area (Å²) in [6, 6.07) is 7.60. The van der Waals surface area contributed by atoms with E-state index >= 15 is 0 Å². The van der Waals surface area contributed by atoms with Crippen LogP contribution in [-0.2, 0) is 4.79 Å². The standard InChI is InChI=1S/C15H21NO3/c1-11(2)9-16(10-12(3)15(17)18)13-6-5-7-14(8-13)19-4/h5-8,12H,1,9-10H2,2-4H3,(H,17,18). The molecule has 0 spiro atoms. The Morgan fingerprint density at radius 1 is 1.53 bits per heavy atom. The molecule has 0 bridgehead atoms. The zero-order valence-corrected chi connectivity index (χ0v) is 11.7. The highest BCUT2D eigenvalue weighted by Crippen LogP contribution is 2.22. The van der Waals surface area contributed by atoms with Gasteiger partial charge in [0.2, 0.25) is 0 Å². The number of methoxy groups -OCH3 is 1. The molecule has 4 nitrogen and oxygen atoms in total. The molecule has 0 radical (unpaired) electrons. The first kappa shape index (κ1) is 15.1. The van der Waals surface area contributed by atoms with Crippen LogP contribution in [-0.4, -0.2) is 31.3 Å². The van der Waals surface area contributed by atoms with Gasteiger partial charge in [-0.3, -0.25) is 4.79 Å². The fourth-order valence-electron chi connectivity index (χ4n) is 1.80. The van der Waals surface area contributed by atoms with Crippen LogP contribution in [0.1, 0.15) is 13.8 Å². The van der Waals surface area contributed by atoms with Crippen LogP contribution >= 0.6 is 0 Å². The summed E-state index contributed by atoms with van der Waals surface area (Å²) in [5.74, 6) is -0.479. The van der Waals surface area contributed by atoms with E-state index in [1.54, 1.807) is 14.0 Å². The number of benzene rings is 1. The van der Waals surface area contributed by atoms with E-state index in [1.807, 2.05) is 36.1 Å². The van der Waals surface area contributed by atoms with E-state index in [0.717, 1.165) is 17.0 Å². The van der Waals surface area contributed by atoms with Gasteiger partial charge in [-0.2, -0.15) is 0 Å². The number of carbonyl (C=O) groups is 1. The summed E-state index contributed by atoms with van der Waals surface area (Å²) in [4.78, 5) is 13.0. The van der Waals surface area contributed by atoms with Crippen LogP contribution in [0.2, 0.25) is 0 Å². The molecule has 4 heteroatoms. The maximum Gasteiger partial charge on any atom is 0.308 e. The summed E-state index contributed by atoms with van der Waals surface area (Å²) >= 11 is 0. The lowest BCUT2D eigenvalue weighted by Crippen LogP contribution is -2.33. The number of carboxylic acids is 1. The molecule has 0 aliphatic heterocycles. The van der Waals surface area contributed by atoms with Crippen molar-refractivity contribution in [3.63, 3.8) is 0 Å². The van der Waals surface area contributed by atoms with E-state index in [-0.39, 0.29) is 0 Å². The lowest BCUT2D eigenvalue weighted by molar-refractivity contribution is -0.140. The van der Waals surface area contributed by atoms with Crippen LogP contribution in [0.3, 0.4) is 0 Å². The largest absolute Gasteiger partial charge is 0.497 e. The number of nitrogens with zero attached hydrogens (tertiary/aromatic N) is 1. The molecule has 1 aromatic rings. The molecule has 1 atom stereocenters. The van der Waals surface area contributed by atoms with Gasteiger partial charge in [0.25, 0.3) is 0 Å². The quantitative estimate of drug-likeness (QED) is 0.768. The monoisotopic (exact) mass is 263 g/mol. The van der Waals surface area contributed by atoms with Crippen LogP contribution < -0.4 is 9.64 Å². The first-order valence-electron chi connectivity index (χ1n) is 6.20. The summed E-state index contributed by atoms with van der Waals surface area (Å²) in [5.41, 5.74) is 1.93. The first-order chi connectivity index (χ1) is 8.93. The molecule has 1 unspecified atom stereocenters. The summed E-state index contributed by atoms with van der Waals surface area (Å²) in [6.45, 7) is 8.60. The Morgan fingerprint density at radius 2 is 2.21 bits per heavy atom. The van der Waals surface area contributed by atoms with Crippen molar-refractivity contribution in [2.24, 2.45) is 5.92 Å². The van der Waals surface area contributed by atoms with Gasteiger partial charge in [0.15, 0.2) is 0 Å². The Balaban J connectivity index is 2.94. The number of hydrogen-bond donors (Lipinski definition) is 1. The number of aliphatic carboxylic acids is 1. The zero-order valence-electron chi connectivity index (χ0n) is 11.7. The van der Waals surface area contributed by atoms with Crippen molar-refractivity contribution in [2.45, 2.75) is 13.8 Å². The first-order valence-corrected chi connectivity index (χ1v) is 6.20. The van der Waals surface area contributed by atoms with E-state index in [9.17, 15) is 4.79 Å². The van der Waals surface area contributed by atoms with Crippen molar-refractivity contribution in [2.75, 3.05) is 25.1 Å². The maximum absolute atomic E-state index is 11.0. The van der Waals surface area contributed by atoms with Crippen molar-refractivity contribution < 1.29 is 14.6 Å². The Labute approximate surface area is 114 Å². The lowest BCUT2D eigenvalue weighted by atomic mass is 10.1. The lowest BCUT2D eigenvalue weighted by Gasteiger charge is -2.27. The predicted octanol–water partition coefficient (Wildman–Crippen LogP) is 2.80. The molecule has 0 saturated heterocycles. The summed E-state index contributed by atoms with van der Waals surface area (Å²) in [5, 5.41) is 9.04. The van der Waals surface area contributed by atoms with E-state index in [4.69, 9.17) is 9.84 Å². The molecule has 19 heavy (non-hydrogen) atoms. The number of rotatable bonds is 7. The molecule has 1 N–H and O–H groups in total. The molecule has 0 saturated carbocycles. The molecular formula is C15H21NO3. The Kier molecular flexibility index (Phi) is 5.42. The number of carboxylic acid groups (broad SMARTS) is 1. The van der Waals surface area contributed by atoms with Gasteiger partial charge in [0.05, 0.1) is 13.0 Å². The van der Waals surface area contributed by atoms with Gasteiger partial charge in [-0.05, 0) is 19.1 Å². The molecule has 0 aliphatic rings. The Morgan fingerprint density at radius 3 is 2.74 bits per heavy atom. The highest BCUT2D eigenvalue weighted by Gasteiger charge is 2.17. The third kappa shape index (κ3) is 4.66. The van der Waals surface area contributed by atoms with Crippen molar-refractivity contribution >= 4 is 11.7 Å². The second-order valence-electron chi connectivity index (χ2n) is 4.78. The van der Waals surface area contributed by atoms with Crippen LogP contribution in [0.5, 0.6) is 5.75 Å². The molecule has 0 amide bonds. The molecule has 0 aliphatic carbocycles. The molecule has 0 aromatic heterocycles. The van der Waals surface area contributed by atoms with E-state index < -0.39 is 11.9 Å². The Hall–Kier alpha value is -1.97. The van der Waals surface area contributed by atoms with E-state index in [1.165, 1.54) is 0 Å². The Bertz CT molecular complexity index is 456. The summed E-state index contributed by atoms with van der Waals surface area (Å²) < 4.78 is 5.20. The molecule has 104 valence electrons. The van der Waals surface area contributed by atoms with Gasteiger partial charge in [0.1, 0.15) is 5.75 Å². The van der Waals surface area contributed by atoms with Gasteiger partial charge in [-0.15, -0.1) is 0 Å². The third-order valence-corrected chi connectivity index (χ3v) is 2.80. The van der Waals surface area contributed by atoms with Gasteiger partial charge in [-0.25, -0.2) is 0 Å². The molecule has 1 aromatic carbocycles. The number of hydrogen-bond acceptors (Lipinski definition) is 3. The second kappa shape index (κ2) is 6.83. The highest BCUT2D eigenvalue weighted by atomic mass is 16.5. The topological polar surface area (TPSA) is 49.8 Å². The fourth-order valence-corrected chi connectivity index (χ4v) is 1.80. The highest BCUT2D eigenvalue weighted by molar-refractivity contribution is 5.70. The fraction of sp³-hybridized carbons (Fsp3) is 0.400. The SMILES string of the molecule is C=C(C)CN(CC(C)C(=O)O)c1cccc(OC)c1. The minimum absolute atomic E-state index is 0.439. The normalized spacial score (nSPS) is 11.7. The minimum atomic E-state index is -0.797. The number of anilines is 1.